The van der Waals surface area contributed by atoms with Crippen LogP contribution >= 0.6 is 0 Å². The van der Waals surface area contributed by atoms with Crippen LogP contribution in [0.15, 0.2) is 48.1 Å². The number of allylic oxidation sites excluding steroid dienone is 8. The lowest BCUT2D eigenvalue weighted by molar-refractivity contribution is 0.765. The molecule has 66 valence electrons. The van der Waals surface area contributed by atoms with Crippen LogP contribution in [0.25, 0.3) is 0 Å². The maximum atomic E-state index is 2.48. The van der Waals surface area contributed by atoms with Gasteiger partial charge in [-0.2, -0.15) is 0 Å². The average Bonchev–Trinajstić information content (AvgIpc) is 2.96. The molecule has 0 bridgehead atoms. The molecule has 3 rings (SSSR count). The lowest BCUT2D eigenvalue weighted by Crippen LogP contribution is -2.02. The van der Waals surface area contributed by atoms with Gasteiger partial charge in [0.25, 0.3) is 0 Å². The summed E-state index contributed by atoms with van der Waals surface area (Å²) in [6.07, 6.45) is 18.7. The van der Waals surface area contributed by atoms with Crippen LogP contribution in [0.5, 0.6) is 0 Å². The average molecular weight is 170 g/mol. The van der Waals surface area contributed by atoms with Crippen LogP contribution in [0, 0.1) is 17.8 Å². The summed E-state index contributed by atoms with van der Waals surface area (Å²) < 4.78 is 0. The Morgan fingerprint density at radius 3 is 2.85 bits per heavy atom. The van der Waals surface area contributed by atoms with Gasteiger partial charge in [-0.1, -0.05) is 42.5 Å². The van der Waals surface area contributed by atoms with E-state index >= 15 is 0 Å². The van der Waals surface area contributed by atoms with Gasteiger partial charge in [-0.05, 0) is 30.3 Å². The molecule has 0 aromatic rings. The number of hydrogen-bond donors (Lipinski definition) is 0. The second-order valence-electron chi connectivity index (χ2n) is 4.24. The normalized spacial score (nSPS) is 40.0. The van der Waals surface area contributed by atoms with Crippen LogP contribution in [0.3, 0.4) is 0 Å². The van der Waals surface area contributed by atoms with E-state index in [1.165, 1.54) is 12.8 Å². The van der Waals surface area contributed by atoms with Crippen LogP contribution < -0.4 is 0 Å². The van der Waals surface area contributed by atoms with Crippen molar-refractivity contribution in [1.82, 2.24) is 0 Å². The molecule has 0 saturated heterocycles. The van der Waals surface area contributed by atoms with Crippen molar-refractivity contribution in [3.8, 4) is 0 Å². The van der Waals surface area contributed by atoms with Crippen molar-refractivity contribution in [2.24, 2.45) is 17.8 Å². The van der Waals surface area contributed by atoms with Crippen LogP contribution in [0.4, 0.5) is 0 Å². The molecule has 3 unspecified atom stereocenters. The Labute approximate surface area is 79.3 Å². The van der Waals surface area contributed by atoms with E-state index < -0.39 is 0 Å². The molecule has 0 N–H and O–H groups in total. The van der Waals surface area contributed by atoms with Crippen molar-refractivity contribution >= 4 is 0 Å². The molecule has 13 heavy (non-hydrogen) atoms. The quantitative estimate of drug-likeness (QED) is 0.566. The van der Waals surface area contributed by atoms with Crippen molar-refractivity contribution in [2.45, 2.75) is 12.8 Å². The summed E-state index contributed by atoms with van der Waals surface area (Å²) >= 11 is 0. The number of fused-ring (bicyclic) bond motifs is 1. The first-order chi connectivity index (χ1) is 6.43. The van der Waals surface area contributed by atoms with Crippen molar-refractivity contribution < 1.29 is 0 Å². The van der Waals surface area contributed by atoms with Gasteiger partial charge in [-0.15, -0.1) is 0 Å². The van der Waals surface area contributed by atoms with Crippen molar-refractivity contribution in [3.05, 3.63) is 48.1 Å². The predicted molar refractivity (Wildman–Crippen MR) is 55.2 cm³/mol. The van der Waals surface area contributed by atoms with Gasteiger partial charge in [0.05, 0.1) is 0 Å². The molecule has 3 aliphatic rings. The zero-order valence-corrected chi connectivity index (χ0v) is 7.69. The van der Waals surface area contributed by atoms with E-state index in [4.69, 9.17) is 0 Å². The predicted octanol–water partition coefficient (Wildman–Crippen LogP) is 3.25. The van der Waals surface area contributed by atoms with Crippen LogP contribution in [-0.2, 0) is 0 Å². The molecule has 1 fully saturated rings. The third-order valence-electron chi connectivity index (χ3n) is 3.24. The highest BCUT2D eigenvalue weighted by molar-refractivity contribution is 5.36. The first-order valence-corrected chi connectivity index (χ1v) is 5.17. The van der Waals surface area contributed by atoms with Gasteiger partial charge in [0, 0.05) is 5.92 Å². The summed E-state index contributed by atoms with van der Waals surface area (Å²) in [6.45, 7) is 0. The lowest BCUT2D eigenvalue weighted by atomic mass is 9.89. The summed E-state index contributed by atoms with van der Waals surface area (Å²) in [5, 5.41) is 0. The summed E-state index contributed by atoms with van der Waals surface area (Å²) in [5.74, 6) is 2.44. The molecule has 0 amide bonds. The molecular formula is C13H14. The molecule has 0 heterocycles. The highest BCUT2D eigenvalue weighted by Gasteiger charge is 2.35. The minimum atomic E-state index is 0.655. The van der Waals surface area contributed by atoms with E-state index in [9.17, 15) is 0 Å². The molecule has 0 spiro atoms. The first-order valence-electron chi connectivity index (χ1n) is 5.17. The Morgan fingerprint density at radius 2 is 2.08 bits per heavy atom. The van der Waals surface area contributed by atoms with E-state index in [0.29, 0.717) is 5.92 Å². The SMILES string of the molecule is C1=CCC(C2=CC3CC3C=C2)C=C1. The van der Waals surface area contributed by atoms with Gasteiger partial charge >= 0.3 is 0 Å². The zero-order valence-electron chi connectivity index (χ0n) is 7.69. The van der Waals surface area contributed by atoms with E-state index in [1.54, 1.807) is 5.57 Å². The van der Waals surface area contributed by atoms with Gasteiger partial charge < -0.3 is 0 Å². The fourth-order valence-corrected chi connectivity index (χ4v) is 2.26. The molecule has 3 atom stereocenters. The Hall–Kier alpha value is -1.04. The summed E-state index contributed by atoms with van der Waals surface area (Å²) in [5.41, 5.74) is 1.54. The number of rotatable bonds is 1. The van der Waals surface area contributed by atoms with Gasteiger partial charge in [0.2, 0.25) is 0 Å². The molecule has 0 nitrogen and oxygen atoms in total. The summed E-state index contributed by atoms with van der Waals surface area (Å²) in [6, 6.07) is 0. The molecule has 0 aromatic carbocycles. The Kier molecular flexibility index (Phi) is 1.55. The van der Waals surface area contributed by atoms with E-state index in [2.05, 4.69) is 42.5 Å². The Bertz CT molecular complexity index is 328. The van der Waals surface area contributed by atoms with Crippen molar-refractivity contribution in [1.29, 1.82) is 0 Å². The zero-order chi connectivity index (χ0) is 8.67. The highest BCUT2D eigenvalue weighted by atomic mass is 14.4. The number of hydrogen-bond acceptors (Lipinski definition) is 0. The summed E-state index contributed by atoms with van der Waals surface area (Å²) in [4.78, 5) is 0. The van der Waals surface area contributed by atoms with Crippen molar-refractivity contribution in [2.75, 3.05) is 0 Å². The maximum Gasteiger partial charge on any atom is 0.00525 e. The second-order valence-corrected chi connectivity index (χ2v) is 4.24. The second kappa shape index (κ2) is 2.73. The minimum Gasteiger partial charge on any atom is -0.0836 e. The van der Waals surface area contributed by atoms with Gasteiger partial charge in [0.1, 0.15) is 0 Å². The largest absolute Gasteiger partial charge is 0.0836 e. The topological polar surface area (TPSA) is 0 Å². The molecule has 3 aliphatic carbocycles. The van der Waals surface area contributed by atoms with E-state index in [0.717, 1.165) is 11.8 Å². The van der Waals surface area contributed by atoms with E-state index in [-0.39, 0.29) is 0 Å². The molecule has 0 aliphatic heterocycles. The fraction of sp³-hybridized carbons (Fsp3) is 0.385. The standard InChI is InChI=1S/C13H14/c1-2-4-10(5-3-1)11-6-7-12-9-13(12)8-11/h1-4,6-8,10,12-13H,5,9H2. The fourth-order valence-electron chi connectivity index (χ4n) is 2.26. The maximum absolute atomic E-state index is 2.48. The minimum absolute atomic E-state index is 0.655. The Morgan fingerprint density at radius 1 is 1.08 bits per heavy atom. The third-order valence-corrected chi connectivity index (χ3v) is 3.24. The monoisotopic (exact) mass is 170 g/mol. The van der Waals surface area contributed by atoms with Gasteiger partial charge in [-0.25, -0.2) is 0 Å². The smallest absolute Gasteiger partial charge is 0.00525 e. The van der Waals surface area contributed by atoms with Crippen LogP contribution in [0.1, 0.15) is 12.8 Å². The highest BCUT2D eigenvalue weighted by Crippen LogP contribution is 2.45. The Balaban J connectivity index is 1.81. The first kappa shape index (κ1) is 7.37. The molecule has 0 aromatic heterocycles. The van der Waals surface area contributed by atoms with Crippen LogP contribution in [-0.4, -0.2) is 0 Å². The van der Waals surface area contributed by atoms with Crippen molar-refractivity contribution in [3.63, 3.8) is 0 Å². The van der Waals surface area contributed by atoms with Gasteiger partial charge in [0.15, 0.2) is 0 Å². The third kappa shape index (κ3) is 1.31. The lowest BCUT2D eigenvalue weighted by Gasteiger charge is -2.16. The van der Waals surface area contributed by atoms with E-state index in [1.807, 2.05) is 0 Å². The molecule has 0 radical (unpaired) electrons. The van der Waals surface area contributed by atoms with Crippen LogP contribution in [0.2, 0.25) is 0 Å². The van der Waals surface area contributed by atoms with Gasteiger partial charge in [-0.3, -0.25) is 0 Å². The molecular weight excluding hydrogens is 156 g/mol. The molecule has 1 saturated carbocycles. The molecule has 0 heteroatoms. The summed E-state index contributed by atoms with van der Waals surface area (Å²) in [7, 11) is 0.